The van der Waals surface area contributed by atoms with Crippen LogP contribution < -0.4 is 0 Å². The molecule has 23 heavy (non-hydrogen) atoms. The Kier molecular flexibility index (Phi) is 9.03. The van der Waals surface area contributed by atoms with Crippen molar-refractivity contribution in [2.45, 2.75) is 11.8 Å². The van der Waals surface area contributed by atoms with Crippen molar-refractivity contribution < 1.29 is 26.9 Å². The fourth-order valence-electron chi connectivity index (χ4n) is 1.46. The zero-order valence-electron chi connectivity index (χ0n) is 12.8. The molecule has 0 aliphatic carbocycles. The van der Waals surface area contributed by atoms with Gasteiger partial charge in [0.05, 0.1) is 37.9 Å². The van der Waals surface area contributed by atoms with Crippen molar-refractivity contribution in [2.75, 3.05) is 39.6 Å². The number of ether oxygens (including phenoxy) is 2. The van der Waals surface area contributed by atoms with Crippen LogP contribution in [0.1, 0.15) is 5.56 Å². The van der Waals surface area contributed by atoms with Gasteiger partial charge in [-0.2, -0.15) is 8.42 Å². The summed E-state index contributed by atoms with van der Waals surface area (Å²) in [6, 6.07) is 6.40. The van der Waals surface area contributed by atoms with Crippen LogP contribution in [0.15, 0.2) is 34.4 Å². The van der Waals surface area contributed by atoms with Gasteiger partial charge in [-0.05, 0) is 24.6 Å². The summed E-state index contributed by atoms with van der Waals surface area (Å²) in [4.78, 5) is 7.00. The maximum atomic E-state index is 11.9. The van der Waals surface area contributed by atoms with E-state index in [-0.39, 0.29) is 37.9 Å². The second-order valence-electron chi connectivity index (χ2n) is 4.32. The molecule has 10 heteroatoms. The molecule has 0 radical (unpaired) electrons. The highest BCUT2D eigenvalue weighted by molar-refractivity contribution is 7.86. The minimum absolute atomic E-state index is 0.0732. The lowest BCUT2D eigenvalue weighted by Gasteiger charge is -2.07. The maximum absolute atomic E-state index is 11.9. The van der Waals surface area contributed by atoms with Crippen molar-refractivity contribution in [3.05, 3.63) is 40.3 Å². The molecule has 0 atom stereocenters. The molecule has 0 spiro atoms. The first-order chi connectivity index (χ1) is 11.1. The van der Waals surface area contributed by atoms with Gasteiger partial charge >= 0.3 is 0 Å². The Morgan fingerprint density at radius 2 is 1.57 bits per heavy atom. The number of benzene rings is 1. The Morgan fingerprint density at radius 3 is 2.17 bits per heavy atom. The molecule has 0 aliphatic heterocycles. The Labute approximate surface area is 134 Å². The predicted octanol–water partition coefficient (Wildman–Crippen LogP) is 1.98. The minimum atomic E-state index is -3.75. The van der Waals surface area contributed by atoms with Gasteiger partial charge in [0.25, 0.3) is 10.1 Å². The topological polar surface area (TPSA) is 120 Å². The molecule has 0 fully saturated rings. The first-order valence-electron chi connectivity index (χ1n) is 6.84. The lowest BCUT2D eigenvalue weighted by molar-refractivity contribution is 0.00969. The van der Waals surface area contributed by atoms with E-state index in [1.807, 2.05) is 6.92 Å². The van der Waals surface area contributed by atoms with Crippen molar-refractivity contribution in [3.8, 4) is 0 Å². The summed E-state index contributed by atoms with van der Waals surface area (Å²) < 4.78 is 38.9. The Bertz CT molecular complexity index is 599. The highest BCUT2D eigenvalue weighted by Gasteiger charge is 2.14. The number of aryl methyl sites for hydroxylation is 1. The van der Waals surface area contributed by atoms with E-state index in [9.17, 15) is 8.42 Å². The van der Waals surface area contributed by atoms with Gasteiger partial charge in [0.1, 0.15) is 11.9 Å². The van der Waals surface area contributed by atoms with Gasteiger partial charge in [-0.15, -0.1) is 0 Å². The van der Waals surface area contributed by atoms with Crippen LogP contribution in [-0.4, -0.2) is 48.1 Å². The van der Waals surface area contributed by atoms with Gasteiger partial charge in [0, 0.05) is 4.91 Å². The molecule has 128 valence electrons. The largest absolute Gasteiger partial charge is 0.431 e. The molecule has 0 aromatic heterocycles. The molecule has 0 aliphatic rings. The maximum Gasteiger partial charge on any atom is 0.297 e. The van der Waals surface area contributed by atoms with Crippen LogP contribution in [0, 0.1) is 6.92 Å². The summed E-state index contributed by atoms with van der Waals surface area (Å²) >= 11 is 0. The standard InChI is InChI=1S/C13H19N3O6S/c1-12-2-4-13(5-3-12)23(17,18)22-11-9-20-7-6-19-8-10-21-16-15-14/h2-5H,6-11H2,1H3. The SMILES string of the molecule is Cc1ccc(S(=O)(=O)OCCOCCOCCON=[N+]=[N-])cc1. The average Bonchev–Trinajstić information content (AvgIpc) is 2.53. The smallest absolute Gasteiger partial charge is 0.297 e. The minimum Gasteiger partial charge on any atom is -0.431 e. The molecule has 0 amide bonds. The summed E-state index contributed by atoms with van der Waals surface area (Å²) in [5.74, 6) is 0. The summed E-state index contributed by atoms with van der Waals surface area (Å²) in [6.07, 6.45) is 0. The highest BCUT2D eigenvalue weighted by Crippen LogP contribution is 2.12. The van der Waals surface area contributed by atoms with Gasteiger partial charge in [-0.25, -0.2) is 0 Å². The number of rotatable bonds is 12. The summed E-state index contributed by atoms with van der Waals surface area (Å²) in [5, 5.41) is 2.88. The molecule has 0 saturated carbocycles. The molecule has 0 saturated heterocycles. The van der Waals surface area contributed by atoms with Crippen LogP contribution in [0.5, 0.6) is 0 Å². The van der Waals surface area contributed by atoms with E-state index in [4.69, 9.17) is 19.2 Å². The van der Waals surface area contributed by atoms with E-state index in [0.29, 0.717) is 6.61 Å². The summed E-state index contributed by atoms with van der Waals surface area (Å²) in [7, 11) is -3.75. The van der Waals surface area contributed by atoms with E-state index in [2.05, 4.69) is 15.0 Å². The first-order valence-corrected chi connectivity index (χ1v) is 8.25. The van der Waals surface area contributed by atoms with Gasteiger partial charge < -0.3 is 14.3 Å². The number of hydrogen-bond acceptors (Lipinski definition) is 7. The zero-order chi connectivity index (χ0) is 17.0. The fraction of sp³-hybridized carbons (Fsp3) is 0.538. The molecule has 9 nitrogen and oxygen atoms in total. The van der Waals surface area contributed by atoms with Crippen LogP contribution in [0.25, 0.3) is 10.4 Å². The van der Waals surface area contributed by atoms with Gasteiger partial charge in [-0.1, -0.05) is 17.7 Å². The number of nitrogens with zero attached hydrogens (tertiary/aromatic N) is 3. The Balaban J connectivity index is 2.08. The van der Waals surface area contributed by atoms with Crippen LogP contribution in [-0.2, 0) is 28.6 Å². The molecule has 0 heterocycles. The number of hydrogen-bond donors (Lipinski definition) is 0. The third-order valence-electron chi connectivity index (χ3n) is 2.56. The average molecular weight is 345 g/mol. The lowest BCUT2D eigenvalue weighted by atomic mass is 10.2. The predicted molar refractivity (Wildman–Crippen MR) is 81.1 cm³/mol. The Hall–Kier alpha value is -1.84. The van der Waals surface area contributed by atoms with Crippen LogP contribution >= 0.6 is 0 Å². The first kappa shape index (κ1) is 19.2. The second-order valence-corrected chi connectivity index (χ2v) is 5.93. The second kappa shape index (κ2) is 10.8. The summed E-state index contributed by atoms with van der Waals surface area (Å²) in [6.45, 7) is 2.94. The molecule has 0 N–H and O–H groups in total. The van der Waals surface area contributed by atoms with Gasteiger partial charge in [0.2, 0.25) is 0 Å². The lowest BCUT2D eigenvalue weighted by Crippen LogP contribution is -2.14. The molecule has 1 rings (SSSR count). The van der Waals surface area contributed by atoms with Crippen LogP contribution in [0.2, 0.25) is 0 Å². The molecule has 0 unspecified atom stereocenters. The van der Waals surface area contributed by atoms with Crippen LogP contribution in [0.4, 0.5) is 0 Å². The zero-order valence-corrected chi connectivity index (χ0v) is 13.6. The number of azide groups is 1. The quantitative estimate of drug-likeness (QED) is 0.143. The van der Waals surface area contributed by atoms with Crippen molar-refractivity contribution in [1.82, 2.24) is 0 Å². The monoisotopic (exact) mass is 345 g/mol. The third-order valence-corrected chi connectivity index (χ3v) is 3.89. The van der Waals surface area contributed by atoms with Crippen molar-refractivity contribution in [2.24, 2.45) is 5.28 Å². The van der Waals surface area contributed by atoms with E-state index >= 15 is 0 Å². The van der Waals surface area contributed by atoms with E-state index in [1.54, 1.807) is 12.1 Å². The third kappa shape index (κ3) is 8.38. The Morgan fingerprint density at radius 1 is 1.00 bits per heavy atom. The van der Waals surface area contributed by atoms with Crippen molar-refractivity contribution in [1.29, 1.82) is 0 Å². The highest BCUT2D eigenvalue weighted by atomic mass is 32.2. The summed E-state index contributed by atoms with van der Waals surface area (Å²) in [5.41, 5.74) is 8.92. The van der Waals surface area contributed by atoms with E-state index in [0.717, 1.165) is 5.56 Å². The molecular formula is C13H19N3O6S. The molecule has 1 aromatic carbocycles. The molecular weight excluding hydrogens is 326 g/mol. The van der Waals surface area contributed by atoms with Gasteiger partial charge in [0.15, 0.2) is 0 Å². The van der Waals surface area contributed by atoms with Crippen molar-refractivity contribution >= 4 is 10.1 Å². The van der Waals surface area contributed by atoms with Gasteiger partial charge in [-0.3, -0.25) is 4.18 Å². The van der Waals surface area contributed by atoms with E-state index in [1.165, 1.54) is 12.1 Å². The fourth-order valence-corrected chi connectivity index (χ4v) is 2.35. The molecule has 1 aromatic rings. The molecule has 0 bridgehead atoms. The normalized spacial score (nSPS) is 11.0. The van der Waals surface area contributed by atoms with Crippen LogP contribution in [0.3, 0.4) is 0 Å². The van der Waals surface area contributed by atoms with Crippen molar-refractivity contribution in [3.63, 3.8) is 0 Å². The van der Waals surface area contributed by atoms with E-state index < -0.39 is 10.1 Å².